The number of carbonyl (C=O) groups excluding carboxylic acids is 1. The minimum atomic E-state index is -2.33. The summed E-state index contributed by atoms with van der Waals surface area (Å²) in [6, 6.07) is 23.5. The molecule has 41 heavy (non-hydrogen) atoms. The predicted octanol–water partition coefficient (Wildman–Crippen LogP) is 6.31. The van der Waals surface area contributed by atoms with Crippen LogP contribution in [0.2, 0.25) is 0 Å². The van der Waals surface area contributed by atoms with Gasteiger partial charge in [0.15, 0.2) is 0 Å². The molecule has 0 aliphatic rings. The lowest BCUT2D eigenvalue weighted by atomic mass is 9.94. The number of halogens is 1. The van der Waals surface area contributed by atoms with Crippen LogP contribution in [-0.2, 0) is 11.3 Å². The molecule has 0 radical (unpaired) electrons. The molecule has 3 aromatic carbocycles. The summed E-state index contributed by atoms with van der Waals surface area (Å²) in [6.07, 6.45) is -4.25. The van der Waals surface area contributed by atoms with E-state index in [0.717, 1.165) is 0 Å². The smallest absolute Gasteiger partial charge is 0.305 e. The molecule has 0 fully saturated rings. The monoisotopic (exact) mass is 560 g/mol. The Kier molecular flexibility index (Phi) is 8.79. The maximum Gasteiger partial charge on any atom is 0.305 e. The second-order valence-corrected chi connectivity index (χ2v) is 10.2. The summed E-state index contributed by atoms with van der Waals surface area (Å²) >= 11 is 0. The molecule has 1 aromatic heterocycles. The lowest BCUT2D eigenvalue weighted by Gasteiger charge is -2.20. The molecular formula is C33H35FN2O5. The number of carbonyl (C=O) groups is 2. The van der Waals surface area contributed by atoms with Crippen molar-refractivity contribution >= 4 is 17.6 Å². The van der Waals surface area contributed by atoms with Crippen molar-refractivity contribution in [3.8, 4) is 22.4 Å². The van der Waals surface area contributed by atoms with Gasteiger partial charge in [0.2, 0.25) is 0 Å². The first-order valence-corrected chi connectivity index (χ1v) is 13.4. The van der Waals surface area contributed by atoms with Gasteiger partial charge < -0.3 is 25.2 Å². The molecule has 0 spiro atoms. The van der Waals surface area contributed by atoms with E-state index in [1.165, 1.54) is 28.8 Å². The maximum atomic E-state index is 14.1. The van der Waals surface area contributed by atoms with Gasteiger partial charge in [-0.05, 0) is 66.3 Å². The van der Waals surface area contributed by atoms with E-state index in [4.69, 9.17) is 5.11 Å². The molecule has 0 saturated heterocycles. The molecule has 2 atom stereocenters. The SMILES string of the molecule is [2H]C([2H])(C[C@@H](O)C[C@@H](O)CC(=O)O)n1c(-c2ccc(F)cc2)c(-c2ccccc2)c(C(=O)Nc2ccccc2)c1C(C)C. The van der Waals surface area contributed by atoms with Crippen LogP contribution in [-0.4, -0.2) is 44.0 Å². The van der Waals surface area contributed by atoms with Crippen LogP contribution in [0.25, 0.3) is 22.4 Å². The highest BCUT2D eigenvalue weighted by Crippen LogP contribution is 2.42. The lowest BCUT2D eigenvalue weighted by Crippen LogP contribution is -2.22. The molecule has 4 rings (SSSR count). The van der Waals surface area contributed by atoms with Crippen molar-refractivity contribution in [2.24, 2.45) is 0 Å². The third-order valence-electron chi connectivity index (χ3n) is 6.63. The standard InChI is InChI=1S/C33H35FN2O5/c1-21(2)31-30(33(41)35-25-11-7-4-8-12-25)29(22-9-5-3-6-10-22)32(23-13-15-24(34)16-14-23)36(31)18-17-26(37)19-27(38)20-28(39)40/h3-16,21,26-27,37-38H,17-20H2,1-2H3,(H,35,41)(H,39,40)/t26-,27-/m1/s1/i18D2. The minimum absolute atomic E-state index is 0.230. The second kappa shape index (κ2) is 13.4. The number of anilines is 1. The van der Waals surface area contributed by atoms with Crippen molar-refractivity contribution in [2.75, 3.05) is 5.32 Å². The van der Waals surface area contributed by atoms with E-state index in [2.05, 4.69) is 5.32 Å². The van der Waals surface area contributed by atoms with Gasteiger partial charge in [-0.15, -0.1) is 0 Å². The quantitative estimate of drug-likeness (QED) is 0.162. The van der Waals surface area contributed by atoms with E-state index in [0.29, 0.717) is 33.8 Å². The van der Waals surface area contributed by atoms with Crippen molar-refractivity contribution in [2.45, 2.75) is 57.7 Å². The molecule has 8 heteroatoms. The zero-order chi connectivity index (χ0) is 31.3. The summed E-state index contributed by atoms with van der Waals surface area (Å²) in [5.41, 5.74) is 2.97. The van der Waals surface area contributed by atoms with Crippen LogP contribution in [0.15, 0.2) is 84.9 Å². The predicted molar refractivity (Wildman–Crippen MR) is 157 cm³/mol. The molecule has 7 nitrogen and oxygen atoms in total. The third-order valence-corrected chi connectivity index (χ3v) is 6.63. The Hall–Kier alpha value is -4.27. The molecule has 0 bridgehead atoms. The number of carboxylic acids is 1. The van der Waals surface area contributed by atoms with Gasteiger partial charge in [-0.3, -0.25) is 9.59 Å². The highest BCUT2D eigenvalue weighted by molar-refractivity contribution is 6.12. The Bertz CT molecular complexity index is 1560. The number of hydrogen-bond acceptors (Lipinski definition) is 4. The summed E-state index contributed by atoms with van der Waals surface area (Å²) in [6.45, 7) is 1.33. The number of nitrogens with one attached hydrogen (secondary N) is 1. The van der Waals surface area contributed by atoms with Crippen molar-refractivity contribution in [1.29, 1.82) is 0 Å². The first kappa shape index (κ1) is 26.9. The van der Waals surface area contributed by atoms with Crippen LogP contribution in [0.4, 0.5) is 10.1 Å². The largest absolute Gasteiger partial charge is 0.481 e. The van der Waals surface area contributed by atoms with Gasteiger partial charge in [-0.1, -0.05) is 62.4 Å². The van der Waals surface area contributed by atoms with E-state index in [1.807, 2.05) is 38.1 Å². The minimum Gasteiger partial charge on any atom is -0.481 e. The number of nitrogens with zero attached hydrogens (tertiary/aromatic N) is 1. The molecule has 4 aromatic rings. The fourth-order valence-electron chi connectivity index (χ4n) is 4.89. The van der Waals surface area contributed by atoms with Crippen molar-refractivity contribution in [3.05, 3.63) is 102 Å². The molecule has 0 saturated carbocycles. The average molecular weight is 561 g/mol. The molecule has 214 valence electrons. The molecule has 0 aliphatic heterocycles. The van der Waals surface area contributed by atoms with Crippen LogP contribution >= 0.6 is 0 Å². The average Bonchev–Trinajstić information content (AvgIpc) is 3.31. The molecule has 1 heterocycles. The Morgan fingerprint density at radius 1 is 0.902 bits per heavy atom. The lowest BCUT2D eigenvalue weighted by molar-refractivity contribution is -0.139. The number of aliphatic hydroxyl groups is 2. The summed E-state index contributed by atoms with van der Waals surface area (Å²) in [7, 11) is 0. The van der Waals surface area contributed by atoms with Gasteiger partial charge in [-0.2, -0.15) is 0 Å². The van der Waals surface area contributed by atoms with Crippen LogP contribution in [0.3, 0.4) is 0 Å². The van der Waals surface area contributed by atoms with Crippen LogP contribution in [0, 0.1) is 5.82 Å². The van der Waals surface area contributed by atoms with Gasteiger partial charge in [0.25, 0.3) is 5.91 Å². The molecular weight excluding hydrogens is 523 g/mol. The van der Waals surface area contributed by atoms with Gasteiger partial charge in [0.05, 0.1) is 29.9 Å². The number of para-hydroxylation sites is 1. The van der Waals surface area contributed by atoms with Crippen molar-refractivity contribution < 1.29 is 32.0 Å². The van der Waals surface area contributed by atoms with Gasteiger partial charge in [0, 0.05) is 26.2 Å². The number of amides is 1. The number of aromatic nitrogens is 1. The fraction of sp³-hybridized carbons (Fsp3) is 0.273. The summed E-state index contributed by atoms with van der Waals surface area (Å²) in [5.74, 6) is -2.59. The van der Waals surface area contributed by atoms with Gasteiger partial charge in [0.1, 0.15) is 5.82 Å². The summed E-state index contributed by atoms with van der Waals surface area (Å²) in [4.78, 5) is 25.2. The van der Waals surface area contributed by atoms with Crippen LogP contribution in [0.1, 0.15) is 57.8 Å². The van der Waals surface area contributed by atoms with E-state index < -0.39 is 55.2 Å². The molecule has 0 aliphatic carbocycles. The zero-order valence-corrected chi connectivity index (χ0v) is 22.9. The Balaban J connectivity index is 2.00. The van der Waals surface area contributed by atoms with Crippen LogP contribution in [0.5, 0.6) is 0 Å². The highest BCUT2D eigenvalue weighted by Gasteiger charge is 2.31. The molecule has 4 N–H and O–H groups in total. The van der Waals surface area contributed by atoms with Crippen molar-refractivity contribution in [3.63, 3.8) is 0 Å². The number of benzene rings is 3. The Labute approximate surface area is 241 Å². The Morgan fingerprint density at radius 3 is 2.10 bits per heavy atom. The number of rotatable bonds is 12. The normalized spacial score (nSPS) is 13.8. The summed E-state index contributed by atoms with van der Waals surface area (Å²) < 4.78 is 34.0. The maximum absolute atomic E-state index is 14.1. The fourth-order valence-corrected chi connectivity index (χ4v) is 4.89. The first-order chi connectivity index (χ1) is 20.4. The van der Waals surface area contributed by atoms with Gasteiger partial charge >= 0.3 is 5.97 Å². The second-order valence-electron chi connectivity index (χ2n) is 10.2. The van der Waals surface area contributed by atoms with E-state index in [1.54, 1.807) is 36.4 Å². The Morgan fingerprint density at radius 2 is 1.51 bits per heavy atom. The molecule has 1 amide bonds. The van der Waals surface area contributed by atoms with E-state index in [-0.39, 0.29) is 12.0 Å². The van der Waals surface area contributed by atoms with E-state index >= 15 is 0 Å². The van der Waals surface area contributed by atoms with Crippen molar-refractivity contribution in [1.82, 2.24) is 4.57 Å². The number of aliphatic carboxylic acids is 1. The molecule has 0 unspecified atom stereocenters. The summed E-state index contributed by atoms with van der Waals surface area (Å²) in [5, 5.41) is 32.9. The first-order valence-electron chi connectivity index (χ1n) is 14.4. The number of hydrogen-bond donors (Lipinski definition) is 4. The van der Waals surface area contributed by atoms with E-state index in [9.17, 15) is 26.9 Å². The zero-order valence-electron chi connectivity index (χ0n) is 24.9. The van der Waals surface area contributed by atoms with Gasteiger partial charge in [-0.25, -0.2) is 4.39 Å². The van der Waals surface area contributed by atoms with Crippen LogP contribution < -0.4 is 5.32 Å². The topological polar surface area (TPSA) is 112 Å². The third kappa shape index (κ3) is 7.28. The highest BCUT2D eigenvalue weighted by atomic mass is 19.1. The number of carboxylic acid groups (broad SMARTS) is 1. The number of aliphatic hydroxyl groups excluding tert-OH is 2.